The number of hydrogen-bond acceptors (Lipinski definition) is 8. The summed E-state index contributed by atoms with van der Waals surface area (Å²) in [5.74, 6) is -1.58. The van der Waals surface area contributed by atoms with E-state index < -0.39 is 36.9 Å². The maximum absolute atomic E-state index is 15.3. The van der Waals surface area contributed by atoms with Crippen molar-refractivity contribution >= 4 is 35.6 Å². The zero-order valence-corrected chi connectivity index (χ0v) is 25.6. The number of nitrogens with one attached hydrogen (secondary N) is 1. The molecule has 1 amide bonds. The van der Waals surface area contributed by atoms with Gasteiger partial charge in [-0.2, -0.15) is 8.78 Å². The van der Waals surface area contributed by atoms with Gasteiger partial charge in [-0.05, 0) is 47.7 Å². The molecule has 0 heterocycles. The van der Waals surface area contributed by atoms with Gasteiger partial charge >= 0.3 is 25.3 Å². The molecule has 0 saturated carbocycles. The maximum atomic E-state index is 15.3. The number of benzene rings is 3. The average molecular weight is 684 g/mol. The van der Waals surface area contributed by atoms with Crippen LogP contribution in [0.15, 0.2) is 71.2 Å². The number of rotatable bonds is 14. The van der Waals surface area contributed by atoms with Crippen LogP contribution in [0.1, 0.15) is 42.0 Å². The lowest BCUT2D eigenvalue weighted by molar-refractivity contribution is -0.275. The van der Waals surface area contributed by atoms with Gasteiger partial charge in [0.15, 0.2) is 0 Å². The van der Waals surface area contributed by atoms with Crippen molar-refractivity contribution in [3.63, 3.8) is 0 Å². The third-order valence-electron chi connectivity index (χ3n) is 6.61. The number of alkyl carbamates (subject to hydrolysis) is 1. The summed E-state index contributed by atoms with van der Waals surface area (Å²) < 4.78 is 57.6. The van der Waals surface area contributed by atoms with Crippen LogP contribution in [0.5, 0.6) is 0 Å². The SMILES string of the molecule is CCOOP(=O)(OOCC)C(F)(F)c1ccc(C[C@H](NC(=O)OCC2c3ccccc3-c3ccccc32)C(=O)O)cc1Br. The summed E-state index contributed by atoms with van der Waals surface area (Å²) in [6, 6.07) is 17.4. The van der Waals surface area contributed by atoms with Crippen molar-refractivity contribution in [2.24, 2.45) is 0 Å². The predicted molar refractivity (Wildman–Crippen MR) is 154 cm³/mol. The van der Waals surface area contributed by atoms with E-state index in [1.165, 1.54) is 26.0 Å². The van der Waals surface area contributed by atoms with Crippen LogP contribution in [0.3, 0.4) is 0 Å². The zero-order chi connectivity index (χ0) is 31.2. The van der Waals surface area contributed by atoms with E-state index in [1.54, 1.807) is 0 Å². The summed E-state index contributed by atoms with van der Waals surface area (Å²) in [4.78, 5) is 33.6. The van der Waals surface area contributed by atoms with Gasteiger partial charge in [-0.3, -0.25) is 0 Å². The molecule has 0 saturated heterocycles. The molecule has 3 aromatic carbocycles. The molecular weight excluding hydrogens is 655 g/mol. The first-order chi connectivity index (χ1) is 20.5. The molecule has 0 aromatic heterocycles. The molecule has 0 unspecified atom stereocenters. The maximum Gasteiger partial charge on any atom is 0.457 e. The number of ether oxygens (including phenoxy) is 1. The molecule has 0 aliphatic heterocycles. The number of carbonyl (C=O) groups is 2. The van der Waals surface area contributed by atoms with Crippen molar-refractivity contribution in [1.29, 1.82) is 0 Å². The Kier molecular flexibility index (Phi) is 10.7. The Labute approximate surface area is 254 Å². The van der Waals surface area contributed by atoms with Gasteiger partial charge in [-0.1, -0.05) is 76.6 Å². The van der Waals surface area contributed by atoms with Gasteiger partial charge < -0.3 is 15.2 Å². The Bertz CT molecular complexity index is 1470. The van der Waals surface area contributed by atoms with E-state index in [2.05, 4.69) is 40.4 Å². The minimum atomic E-state index is -5.31. The van der Waals surface area contributed by atoms with Crippen molar-refractivity contribution < 1.29 is 51.9 Å². The van der Waals surface area contributed by atoms with Crippen LogP contribution in [0.4, 0.5) is 13.6 Å². The second kappa shape index (κ2) is 14.1. The van der Waals surface area contributed by atoms with Crippen molar-refractivity contribution in [3.05, 3.63) is 93.5 Å². The van der Waals surface area contributed by atoms with E-state index in [0.29, 0.717) is 0 Å². The number of alkyl halides is 2. The molecule has 230 valence electrons. The van der Waals surface area contributed by atoms with Gasteiger partial charge in [0.25, 0.3) is 0 Å². The number of fused-ring (bicyclic) bond motifs is 3. The van der Waals surface area contributed by atoms with Crippen LogP contribution < -0.4 is 5.32 Å². The Morgan fingerprint density at radius 3 is 2.05 bits per heavy atom. The minimum absolute atomic E-state index is 0.0186. The molecule has 43 heavy (non-hydrogen) atoms. The summed E-state index contributed by atoms with van der Waals surface area (Å²) >= 11 is 3.03. The fourth-order valence-corrected chi connectivity index (χ4v) is 6.66. The van der Waals surface area contributed by atoms with E-state index in [9.17, 15) is 19.3 Å². The Hall–Kier alpha value is -3.19. The van der Waals surface area contributed by atoms with Crippen LogP contribution in [-0.4, -0.2) is 43.0 Å². The predicted octanol–water partition coefficient (Wildman–Crippen LogP) is 7.16. The van der Waals surface area contributed by atoms with Crippen molar-refractivity contribution in [1.82, 2.24) is 5.32 Å². The molecule has 10 nitrogen and oxygen atoms in total. The van der Waals surface area contributed by atoms with E-state index >= 15 is 8.78 Å². The van der Waals surface area contributed by atoms with Crippen molar-refractivity contribution in [2.45, 2.75) is 37.9 Å². The average Bonchev–Trinajstić information content (AvgIpc) is 3.31. The van der Waals surface area contributed by atoms with Gasteiger partial charge in [0, 0.05) is 22.4 Å². The quantitative estimate of drug-likeness (QED) is 0.103. The normalized spacial score (nSPS) is 13.7. The molecule has 1 atom stereocenters. The molecule has 4 rings (SSSR count). The van der Waals surface area contributed by atoms with Gasteiger partial charge in [-0.15, -0.1) is 9.35 Å². The van der Waals surface area contributed by atoms with Crippen LogP contribution in [-0.2, 0) is 45.3 Å². The highest BCUT2D eigenvalue weighted by Crippen LogP contribution is 2.68. The monoisotopic (exact) mass is 683 g/mol. The van der Waals surface area contributed by atoms with Crippen molar-refractivity contribution in [2.75, 3.05) is 19.8 Å². The van der Waals surface area contributed by atoms with Crippen molar-refractivity contribution in [3.8, 4) is 11.1 Å². The molecule has 0 spiro atoms. The molecular formula is C29H29BrF2NO9P. The van der Waals surface area contributed by atoms with Crippen LogP contribution >= 0.6 is 23.5 Å². The first-order valence-corrected chi connectivity index (χ1v) is 15.6. The molecule has 14 heteroatoms. The van der Waals surface area contributed by atoms with E-state index in [1.807, 2.05) is 48.5 Å². The lowest BCUT2D eigenvalue weighted by Gasteiger charge is -2.25. The summed E-state index contributed by atoms with van der Waals surface area (Å²) in [6.45, 7) is 2.47. The van der Waals surface area contributed by atoms with Gasteiger partial charge in [0.2, 0.25) is 0 Å². The summed E-state index contributed by atoms with van der Waals surface area (Å²) in [5.41, 5.74) is -0.660. The molecule has 1 aliphatic carbocycles. The number of aliphatic carboxylic acids is 1. The highest BCUT2D eigenvalue weighted by molar-refractivity contribution is 9.10. The zero-order valence-electron chi connectivity index (χ0n) is 23.1. The van der Waals surface area contributed by atoms with Gasteiger partial charge in [0.1, 0.15) is 12.6 Å². The Morgan fingerprint density at radius 1 is 0.977 bits per heavy atom. The highest BCUT2D eigenvalue weighted by Gasteiger charge is 2.58. The Balaban J connectivity index is 1.44. The van der Waals surface area contributed by atoms with E-state index in [4.69, 9.17) is 4.74 Å². The van der Waals surface area contributed by atoms with Crippen LogP contribution in [0.25, 0.3) is 11.1 Å². The first kappa shape index (κ1) is 32.7. The summed E-state index contributed by atoms with van der Waals surface area (Å²) in [7, 11) is -5.31. The number of amides is 1. The van der Waals surface area contributed by atoms with Gasteiger partial charge in [0.05, 0.1) is 13.2 Å². The molecule has 3 aromatic rings. The van der Waals surface area contributed by atoms with E-state index in [-0.39, 0.29) is 42.2 Å². The first-order valence-electron chi connectivity index (χ1n) is 13.3. The lowest BCUT2D eigenvalue weighted by atomic mass is 9.98. The molecule has 1 aliphatic rings. The van der Waals surface area contributed by atoms with Gasteiger partial charge in [-0.25, -0.2) is 23.9 Å². The molecule has 0 radical (unpaired) electrons. The fraction of sp³-hybridized carbons (Fsp3) is 0.310. The molecule has 0 bridgehead atoms. The number of halogens is 3. The fourth-order valence-electron chi connectivity index (χ4n) is 4.65. The number of carbonyl (C=O) groups excluding carboxylic acids is 1. The third kappa shape index (κ3) is 7.14. The molecule has 2 N–H and O–H groups in total. The smallest absolute Gasteiger partial charge is 0.457 e. The topological polar surface area (TPSA) is 130 Å². The number of carboxylic acids is 1. The second-order valence-corrected chi connectivity index (χ2v) is 12.1. The second-order valence-electron chi connectivity index (χ2n) is 9.38. The largest absolute Gasteiger partial charge is 0.480 e. The lowest BCUT2D eigenvalue weighted by Crippen LogP contribution is -2.42. The molecule has 0 fully saturated rings. The third-order valence-corrected chi connectivity index (χ3v) is 8.80. The minimum Gasteiger partial charge on any atom is -0.480 e. The van der Waals surface area contributed by atoms with Crippen LogP contribution in [0.2, 0.25) is 0 Å². The van der Waals surface area contributed by atoms with Crippen LogP contribution in [0, 0.1) is 0 Å². The number of hydrogen-bond donors (Lipinski definition) is 2. The standard InChI is InChI=1S/C29H29BrF2NO9P/c1-3-39-41-43(37,42-40-4-2)29(31,32)24-14-13-18(15-25(24)30)16-26(27(34)35)33-28(36)38-17-23-21-11-7-5-9-19(21)20-10-6-8-12-22(20)23/h5-15,23,26H,3-4,16-17H2,1-2H3,(H,33,36)(H,34,35)/t26-/m0/s1. The summed E-state index contributed by atoms with van der Waals surface area (Å²) in [6.07, 6.45) is -1.22. The summed E-state index contributed by atoms with van der Waals surface area (Å²) in [5, 5.41) is 12.1. The van der Waals surface area contributed by atoms with E-state index in [0.717, 1.165) is 28.3 Å². The highest BCUT2D eigenvalue weighted by atomic mass is 79.9. The Morgan fingerprint density at radius 2 is 1.53 bits per heavy atom. The number of carboxylic acid groups (broad SMARTS) is 1.